The zero-order valence-corrected chi connectivity index (χ0v) is 8.01. The zero-order valence-electron chi connectivity index (χ0n) is 7.25. The molecule has 0 aliphatic carbocycles. The van der Waals surface area contributed by atoms with Crippen molar-refractivity contribution in [2.45, 2.75) is 12.6 Å². The van der Waals surface area contributed by atoms with E-state index in [1.807, 2.05) is 0 Å². The van der Waals surface area contributed by atoms with Crippen LogP contribution >= 0.6 is 11.6 Å². The predicted molar refractivity (Wildman–Crippen MR) is 48.7 cm³/mol. The number of nitrogens with zero attached hydrogens (tertiary/aromatic N) is 3. The molecule has 1 aromatic rings. The molecular formula is C8H8ClF2N3. The molecule has 2 rings (SSSR count). The van der Waals surface area contributed by atoms with Gasteiger partial charge in [-0.2, -0.15) is 4.39 Å². The first-order chi connectivity index (χ1) is 6.68. The molecule has 0 N–H and O–H groups in total. The summed E-state index contributed by atoms with van der Waals surface area (Å²) < 4.78 is 26.2. The average Bonchev–Trinajstić information content (AvgIpc) is 2.57. The molecule has 0 spiro atoms. The van der Waals surface area contributed by atoms with Crippen molar-refractivity contribution in [3.8, 4) is 0 Å². The van der Waals surface area contributed by atoms with E-state index in [4.69, 9.17) is 11.6 Å². The van der Waals surface area contributed by atoms with Crippen molar-refractivity contribution >= 4 is 17.4 Å². The summed E-state index contributed by atoms with van der Waals surface area (Å²) in [6.45, 7) is 0.635. The van der Waals surface area contributed by atoms with Gasteiger partial charge in [0.25, 0.3) is 0 Å². The molecule has 14 heavy (non-hydrogen) atoms. The third-order valence-corrected chi connectivity index (χ3v) is 2.42. The van der Waals surface area contributed by atoms with E-state index < -0.39 is 12.0 Å². The molecule has 0 bridgehead atoms. The number of halogens is 3. The fraction of sp³-hybridized carbons (Fsp3) is 0.500. The maximum Gasteiger partial charge on any atom is 0.202 e. The van der Waals surface area contributed by atoms with Gasteiger partial charge in [0.1, 0.15) is 12.5 Å². The van der Waals surface area contributed by atoms with Crippen molar-refractivity contribution < 1.29 is 8.78 Å². The summed E-state index contributed by atoms with van der Waals surface area (Å²) in [5, 5.41) is -0.225. The minimum absolute atomic E-state index is 0.0881. The SMILES string of the molecule is Fc1c(Cl)ncnc1N1CC[C@H](F)C1. The lowest BCUT2D eigenvalue weighted by Gasteiger charge is -2.16. The molecular weight excluding hydrogens is 212 g/mol. The second-order valence-corrected chi connectivity index (χ2v) is 3.49. The molecule has 1 aromatic heterocycles. The van der Waals surface area contributed by atoms with Crippen LogP contribution in [0.4, 0.5) is 14.6 Å². The van der Waals surface area contributed by atoms with E-state index in [0.717, 1.165) is 0 Å². The molecule has 6 heteroatoms. The van der Waals surface area contributed by atoms with Crippen LogP contribution in [-0.2, 0) is 0 Å². The summed E-state index contributed by atoms with van der Waals surface area (Å²) in [6, 6.07) is 0. The lowest BCUT2D eigenvalue weighted by Crippen LogP contribution is -2.22. The van der Waals surface area contributed by atoms with Gasteiger partial charge in [0.2, 0.25) is 5.82 Å². The normalized spacial score (nSPS) is 21.6. The summed E-state index contributed by atoms with van der Waals surface area (Å²) in [4.78, 5) is 8.77. The highest BCUT2D eigenvalue weighted by Crippen LogP contribution is 2.25. The van der Waals surface area contributed by atoms with Gasteiger partial charge in [-0.15, -0.1) is 0 Å². The van der Waals surface area contributed by atoms with E-state index in [-0.39, 0.29) is 17.5 Å². The molecule has 3 nitrogen and oxygen atoms in total. The molecule has 1 saturated heterocycles. The first-order valence-corrected chi connectivity index (χ1v) is 4.61. The molecule has 0 saturated carbocycles. The minimum atomic E-state index is -0.914. The Kier molecular flexibility index (Phi) is 2.50. The number of alkyl halides is 1. The summed E-state index contributed by atoms with van der Waals surface area (Å²) in [5.74, 6) is -0.589. The highest BCUT2D eigenvalue weighted by Gasteiger charge is 2.25. The van der Waals surface area contributed by atoms with Crippen LogP contribution in [-0.4, -0.2) is 29.2 Å². The Bertz CT molecular complexity index is 347. The van der Waals surface area contributed by atoms with E-state index in [9.17, 15) is 8.78 Å². The van der Waals surface area contributed by atoms with Gasteiger partial charge in [-0.1, -0.05) is 11.6 Å². The Morgan fingerprint density at radius 1 is 1.50 bits per heavy atom. The Hall–Kier alpha value is -0.970. The monoisotopic (exact) mass is 219 g/mol. The van der Waals surface area contributed by atoms with E-state index in [0.29, 0.717) is 13.0 Å². The van der Waals surface area contributed by atoms with Crippen LogP contribution in [0.1, 0.15) is 6.42 Å². The molecule has 1 fully saturated rings. The van der Waals surface area contributed by atoms with E-state index >= 15 is 0 Å². The number of rotatable bonds is 1. The molecule has 1 aliphatic heterocycles. The summed E-state index contributed by atoms with van der Waals surface area (Å²) >= 11 is 5.48. The fourth-order valence-corrected chi connectivity index (χ4v) is 1.60. The Morgan fingerprint density at radius 3 is 2.93 bits per heavy atom. The summed E-state index contributed by atoms with van der Waals surface area (Å²) in [6.07, 6.45) is 0.663. The first kappa shape index (κ1) is 9.58. The van der Waals surface area contributed by atoms with Gasteiger partial charge in [0.05, 0.1) is 6.54 Å². The third-order valence-electron chi connectivity index (χ3n) is 2.16. The van der Waals surface area contributed by atoms with Gasteiger partial charge in [-0.25, -0.2) is 14.4 Å². The minimum Gasteiger partial charge on any atom is -0.351 e. The number of hydrogen-bond donors (Lipinski definition) is 0. The molecule has 76 valence electrons. The largest absolute Gasteiger partial charge is 0.351 e. The summed E-state index contributed by atoms with van der Waals surface area (Å²) in [5.41, 5.74) is 0. The van der Waals surface area contributed by atoms with Crippen molar-refractivity contribution in [2.24, 2.45) is 0 Å². The lowest BCUT2D eigenvalue weighted by molar-refractivity contribution is 0.364. The van der Waals surface area contributed by atoms with Crippen LogP contribution in [0, 0.1) is 5.82 Å². The van der Waals surface area contributed by atoms with E-state index in [1.54, 1.807) is 0 Å². The second-order valence-electron chi connectivity index (χ2n) is 3.13. The van der Waals surface area contributed by atoms with Crippen LogP contribution < -0.4 is 4.90 Å². The lowest BCUT2D eigenvalue weighted by atomic mass is 10.3. The van der Waals surface area contributed by atoms with Crippen molar-refractivity contribution in [1.82, 2.24) is 9.97 Å². The Labute approximate surface area is 84.7 Å². The molecule has 0 unspecified atom stereocenters. The molecule has 0 aromatic carbocycles. The van der Waals surface area contributed by atoms with Crippen LogP contribution in [0.3, 0.4) is 0 Å². The van der Waals surface area contributed by atoms with Crippen LogP contribution in [0.2, 0.25) is 5.15 Å². The van der Waals surface area contributed by atoms with E-state index in [1.165, 1.54) is 11.2 Å². The average molecular weight is 220 g/mol. The van der Waals surface area contributed by atoms with Gasteiger partial charge < -0.3 is 4.90 Å². The van der Waals surface area contributed by atoms with Gasteiger partial charge >= 0.3 is 0 Å². The van der Waals surface area contributed by atoms with Gasteiger partial charge in [0.15, 0.2) is 11.0 Å². The third kappa shape index (κ3) is 1.64. The van der Waals surface area contributed by atoms with Crippen molar-refractivity contribution in [1.29, 1.82) is 0 Å². The predicted octanol–water partition coefficient (Wildman–Crippen LogP) is 1.82. The summed E-state index contributed by atoms with van der Waals surface area (Å²) in [7, 11) is 0. The second kappa shape index (κ2) is 3.65. The van der Waals surface area contributed by atoms with E-state index in [2.05, 4.69) is 9.97 Å². The molecule has 1 aliphatic rings. The molecule has 0 amide bonds. The standard InChI is InChI=1S/C8H8ClF2N3/c9-7-6(11)8(13-4-12-7)14-2-1-5(10)3-14/h4-5H,1-3H2/t5-/m0/s1. The van der Waals surface area contributed by atoms with Crippen LogP contribution in [0.15, 0.2) is 6.33 Å². The maximum absolute atomic E-state index is 13.4. The van der Waals surface area contributed by atoms with Crippen LogP contribution in [0.5, 0.6) is 0 Å². The van der Waals surface area contributed by atoms with Crippen LogP contribution in [0.25, 0.3) is 0 Å². The highest BCUT2D eigenvalue weighted by atomic mass is 35.5. The Morgan fingerprint density at radius 2 is 2.29 bits per heavy atom. The Balaban J connectivity index is 2.28. The van der Waals surface area contributed by atoms with Crippen molar-refractivity contribution in [3.63, 3.8) is 0 Å². The topological polar surface area (TPSA) is 29.0 Å². The quantitative estimate of drug-likeness (QED) is 0.675. The van der Waals surface area contributed by atoms with Crippen molar-refractivity contribution in [2.75, 3.05) is 18.0 Å². The number of anilines is 1. The molecule has 2 heterocycles. The number of hydrogen-bond acceptors (Lipinski definition) is 3. The molecule has 0 radical (unpaired) electrons. The van der Waals surface area contributed by atoms with Crippen molar-refractivity contribution in [3.05, 3.63) is 17.3 Å². The maximum atomic E-state index is 13.4. The smallest absolute Gasteiger partial charge is 0.202 e. The number of aromatic nitrogens is 2. The van der Waals surface area contributed by atoms with Gasteiger partial charge in [-0.3, -0.25) is 0 Å². The van der Waals surface area contributed by atoms with Gasteiger partial charge in [0, 0.05) is 6.54 Å². The van der Waals surface area contributed by atoms with Gasteiger partial charge in [-0.05, 0) is 6.42 Å². The zero-order chi connectivity index (χ0) is 10.1. The first-order valence-electron chi connectivity index (χ1n) is 4.23. The highest BCUT2D eigenvalue weighted by molar-refractivity contribution is 6.29. The molecule has 1 atom stereocenters. The fourth-order valence-electron chi connectivity index (χ4n) is 1.47.